The summed E-state index contributed by atoms with van der Waals surface area (Å²) in [6, 6.07) is 12.1. The number of anilines is 1. The van der Waals surface area contributed by atoms with Crippen LogP contribution >= 0.6 is 0 Å². The Labute approximate surface area is 238 Å². The van der Waals surface area contributed by atoms with Gasteiger partial charge in [0.15, 0.2) is 6.10 Å². The van der Waals surface area contributed by atoms with Crippen LogP contribution in [-0.2, 0) is 16.0 Å². The van der Waals surface area contributed by atoms with Crippen LogP contribution in [0.15, 0.2) is 55.0 Å². The molecule has 3 heterocycles. The summed E-state index contributed by atoms with van der Waals surface area (Å²) < 4.78 is 12.2. The zero-order chi connectivity index (χ0) is 29.1. The molecule has 1 aliphatic rings. The number of benzene rings is 3. The molecule has 2 aromatic heterocycles. The first-order valence-corrected chi connectivity index (χ1v) is 13.6. The van der Waals surface area contributed by atoms with Crippen LogP contribution in [0.25, 0.3) is 43.9 Å². The smallest absolute Gasteiger partial charge is 0.337 e. The third kappa shape index (κ3) is 4.64. The van der Waals surface area contributed by atoms with Crippen LogP contribution in [-0.4, -0.2) is 38.2 Å². The van der Waals surface area contributed by atoms with Gasteiger partial charge in [0, 0.05) is 47.1 Å². The molecule has 0 saturated heterocycles. The van der Waals surface area contributed by atoms with Crippen LogP contribution in [0.1, 0.15) is 49.1 Å². The second-order valence-electron chi connectivity index (χ2n) is 11.5. The third-order valence-corrected chi connectivity index (χ3v) is 7.62. The van der Waals surface area contributed by atoms with Gasteiger partial charge in [0.2, 0.25) is 5.95 Å². The summed E-state index contributed by atoms with van der Waals surface area (Å²) in [6.07, 6.45) is 4.84. The second-order valence-corrected chi connectivity index (χ2v) is 11.5. The summed E-state index contributed by atoms with van der Waals surface area (Å²) in [5.74, 6) is -0.0398. The number of pyridine rings is 1. The van der Waals surface area contributed by atoms with Crippen molar-refractivity contribution in [2.45, 2.75) is 52.7 Å². The van der Waals surface area contributed by atoms with Crippen molar-refractivity contribution < 1.29 is 19.4 Å². The summed E-state index contributed by atoms with van der Waals surface area (Å²) in [6.45, 7) is 10.2. The minimum absolute atomic E-state index is 0.216. The van der Waals surface area contributed by atoms with E-state index in [1.807, 2.05) is 64.2 Å². The van der Waals surface area contributed by atoms with Gasteiger partial charge in [-0.2, -0.15) is 0 Å². The van der Waals surface area contributed by atoms with Crippen LogP contribution in [0.2, 0.25) is 0 Å². The van der Waals surface area contributed by atoms with E-state index in [0.29, 0.717) is 12.2 Å². The van der Waals surface area contributed by atoms with E-state index in [9.17, 15) is 9.90 Å². The Morgan fingerprint density at radius 3 is 2.46 bits per heavy atom. The van der Waals surface area contributed by atoms with E-state index >= 15 is 0 Å². The van der Waals surface area contributed by atoms with E-state index in [-0.39, 0.29) is 5.95 Å². The number of carbonyl (C=O) groups is 1. The number of ether oxygens (including phenoxy) is 2. The van der Waals surface area contributed by atoms with Crippen molar-refractivity contribution in [3.05, 3.63) is 77.2 Å². The predicted molar refractivity (Wildman–Crippen MR) is 160 cm³/mol. The lowest BCUT2D eigenvalue weighted by molar-refractivity contribution is -0.160. The maximum atomic E-state index is 12.8. The summed E-state index contributed by atoms with van der Waals surface area (Å²) >= 11 is 0. The highest BCUT2D eigenvalue weighted by atomic mass is 16.5. The molecule has 0 amide bonds. The standard InChI is InChI=1S/C33H32N4O4/c1-17-14-24-18(2)21(20-15-36-32(34)37-16-20)6-7-22(24)28(26(17)30(31(38)39)41-33(3,4)5)23-8-9-25-27-19(11-13-40-25)10-12-35-29(23)27/h6-10,12,14-16,30H,11,13H2,1-5H3,(H,38,39)(H2,34,36,37)/t30-/m0/s1. The van der Waals surface area contributed by atoms with Gasteiger partial charge in [0.25, 0.3) is 0 Å². The lowest BCUT2D eigenvalue weighted by Crippen LogP contribution is -2.28. The Kier molecular flexibility index (Phi) is 6.38. The van der Waals surface area contributed by atoms with Crippen molar-refractivity contribution in [2.75, 3.05) is 12.3 Å². The lowest BCUT2D eigenvalue weighted by Gasteiger charge is -2.29. The van der Waals surface area contributed by atoms with Gasteiger partial charge in [-0.3, -0.25) is 4.98 Å². The van der Waals surface area contributed by atoms with Crippen molar-refractivity contribution in [1.82, 2.24) is 15.0 Å². The number of nitrogen functional groups attached to an aromatic ring is 1. The van der Waals surface area contributed by atoms with Gasteiger partial charge in [-0.25, -0.2) is 14.8 Å². The Hall–Kier alpha value is -4.56. The van der Waals surface area contributed by atoms with E-state index in [4.69, 9.17) is 20.2 Å². The molecular formula is C33H32N4O4. The first-order chi connectivity index (χ1) is 19.5. The average molecular weight is 549 g/mol. The van der Waals surface area contributed by atoms with Gasteiger partial charge in [-0.05, 0) is 91.4 Å². The fourth-order valence-corrected chi connectivity index (χ4v) is 5.88. The first-order valence-electron chi connectivity index (χ1n) is 13.6. The first kappa shape index (κ1) is 26.7. The van der Waals surface area contributed by atoms with Crippen LogP contribution < -0.4 is 10.5 Å². The molecule has 0 saturated carbocycles. The van der Waals surface area contributed by atoms with Crippen molar-refractivity contribution in [1.29, 1.82) is 0 Å². The maximum Gasteiger partial charge on any atom is 0.337 e. The predicted octanol–water partition coefficient (Wildman–Crippen LogP) is 6.59. The van der Waals surface area contributed by atoms with Crippen molar-refractivity contribution in [2.24, 2.45) is 0 Å². The molecule has 3 aromatic carbocycles. The second kappa shape index (κ2) is 9.82. The van der Waals surface area contributed by atoms with E-state index in [1.165, 1.54) is 5.56 Å². The number of aromatic nitrogens is 3. The highest BCUT2D eigenvalue weighted by molar-refractivity contribution is 6.10. The fourth-order valence-electron chi connectivity index (χ4n) is 5.88. The molecule has 6 rings (SSSR count). The van der Waals surface area contributed by atoms with Crippen LogP contribution in [0.3, 0.4) is 0 Å². The van der Waals surface area contributed by atoms with Crippen LogP contribution in [0, 0.1) is 13.8 Å². The molecule has 1 atom stereocenters. The molecule has 0 aliphatic carbocycles. The monoisotopic (exact) mass is 548 g/mol. The average Bonchev–Trinajstić information content (AvgIpc) is 2.93. The Morgan fingerprint density at radius 1 is 1.02 bits per heavy atom. The normalized spacial score (nSPS) is 13.8. The van der Waals surface area contributed by atoms with E-state index in [1.54, 1.807) is 12.4 Å². The highest BCUT2D eigenvalue weighted by Gasteiger charge is 2.33. The van der Waals surface area contributed by atoms with Crippen LogP contribution in [0.4, 0.5) is 5.95 Å². The SMILES string of the molecule is Cc1cc2c(C)c(-c3cnc(N)nc3)ccc2c(-c2ccc3c4c(ccnc24)CCO3)c1[C@H](OC(C)(C)C)C(=O)O. The minimum atomic E-state index is -1.19. The minimum Gasteiger partial charge on any atom is -0.493 e. The number of fused-ring (bicyclic) bond motifs is 1. The molecule has 8 heteroatoms. The summed E-state index contributed by atoms with van der Waals surface area (Å²) in [7, 11) is 0. The van der Waals surface area contributed by atoms with Crippen LogP contribution in [0.5, 0.6) is 5.75 Å². The van der Waals surface area contributed by atoms with Gasteiger partial charge in [0.05, 0.1) is 17.7 Å². The number of aliphatic carboxylic acids is 1. The molecule has 41 heavy (non-hydrogen) atoms. The maximum absolute atomic E-state index is 12.8. The van der Waals surface area contributed by atoms with Gasteiger partial charge < -0.3 is 20.3 Å². The van der Waals surface area contributed by atoms with E-state index in [2.05, 4.69) is 23.0 Å². The molecule has 1 aliphatic heterocycles. The number of hydrogen-bond acceptors (Lipinski definition) is 7. The number of nitrogens with zero attached hydrogens (tertiary/aromatic N) is 3. The number of nitrogens with two attached hydrogens (primary N) is 1. The molecule has 0 spiro atoms. The molecule has 3 N–H and O–H groups in total. The molecule has 208 valence electrons. The molecule has 0 unspecified atom stereocenters. The molecule has 8 nitrogen and oxygen atoms in total. The molecule has 5 aromatic rings. The van der Waals surface area contributed by atoms with Crippen molar-refractivity contribution >= 4 is 33.6 Å². The third-order valence-electron chi connectivity index (χ3n) is 7.62. The fraction of sp³-hybridized carbons (Fsp3) is 0.273. The molecular weight excluding hydrogens is 516 g/mol. The van der Waals surface area contributed by atoms with Gasteiger partial charge in [-0.1, -0.05) is 18.2 Å². The van der Waals surface area contributed by atoms with Gasteiger partial charge in [0.1, 0.15) is 5.75 Å². The number of hydrogen-bond donors (Lipinski definition) is 2. The van der Waals surface area contributed by atoms with Crippen molar-refractivity contribution in [3.63, 3.8) is 0 Å². The quantitative estimate of drug-likeness (QED) is 0.252. The summed E-state index contributed by atoms with van der Waals surface area (Å²) in [4.78, 5) is 26.0. The summed E-state index contributed by atoms with van der Waals surface area (Å²) in [5.41, 5.74) is 12.9. The molecule has 0 bridgehead atoms. The molecule has 0 fully saturated rings. The topological polar surface area (TPSA) is 120 Å². The number of carboxylic acid groups (broad SMARTS) is 1. The van der Waals surface area contributed by atoms with Gasteiger partial charge in [-0.15, -0.1) is 0 Å². The van der Waals surface area contributed by atoms with E-state index < -0.39 is 17.7 Å². The summed E-state index contributed by atoms with van der Waals surface area (Å²) in [5, 5.41) is 13.4. The number of aryl methyl sites for hydroxylation is 2. The number of rotatable bonds is 5. The van der Waals surface area contributed by atoms with Crippen molar-refractivity contribution in [3.8, 4) is 28.0 Å². The van der Waals surface area contributed by atoms with Gasteiger partial charge >= 0.3 is 5.97 Å². The zero-order valence-electron chi connectivity index (χ0n) is 23.8. The Bertz CT molecular complexity index is 1830. The molecule has 0 radical (unpaired) electrons. The number of carboxylic acids is 1. The highest BCUT2D eigenvalue weighted by Crippen LogP contribution is 2.46. The Morgan fingerprint density at radius 2 is 1.76 bits per heavy atom. The zero-order valence-corrected chi connectivity index (χ0v) is 23.8. The lowest BCUT2D eigenvalue weighted by atomic mass is 9.83. The largest absolute Gasteiger partial charge is 0.493 e. The Balaban J connectivity index is 1.72. The van der Waals surface area contributed by atoms with E-state index in [0.717, 1.165) is 67.2 Å².